The van der Waals surface area contributed by atoms with Crippen LogP contribution in [0.5, 0.6) is 0 Å². The average Bonchev–Trinajstić information content (AvgIpc) is 3.11. The van der Waals surface area contributed by atoms with E-state index in [9.17, 15) is 0 Å². The first-order chi connectivity index (χ1) is 7.59. The molecule has 0 amide bonds. The molecule has 0 aromatic carbocycles. The predicted molar refractivity (Wildman–Crippen MR) is 60.9 cm³/mol. The highest BCUT2D eigenvalue weighted by atomic mass is 16.5. The van der Waals surface area contributed by atoms with Gasteiger partial charge in [0.2, 0.25) is 5.95 Å². The third kappa shape index (κ3) is 2.00. The molecule has 0 spiro atoms. The van der Waals surface area contributed by atoms with Crippen molar-refractivity contribution in [1.29, 1.82) is 0 Å². The van der Waals surface area contributed by atoms with Gasteiger partial charge in [0.1, 0.15) is 11.4 Å². The van der Waals surface area contributed by atoms with Gasteiger partial charge in [-0.25, -0.2) is 4.98 Å². The van der Waals surface area contributed by atoms with Crippen molar-refractivity contribution in [2.24, 2.45) is 0 Å². The second-order valence-electron chi connectivity index (χ2n) is 4.44. The molecule has 88 valence electrons. The third-order valence-electron chi connectivity index (χ3n) is 3.21. The Labute approximate surface area is 95.5 Å². The van der Waals surface area contributed by atoms with Gasteiger partial charge in [-0.1, -0.05) is 6.92 Å². The minimum Gasteiger partial charge on any atom is -0.371 e. The van der Waals surface area contributed by atoms with Gasteiger partial charge < -0.3 is 10.5 Å². The van der Waals surface area contributed by atoms with Crippen molar-refractivity contribution < 1.29 is 4.74 Å². The fourth-order valence-electron chi connectivity index (χ4n) is 1.56. The number of rotatable bonds is 4. The summed E-state index contributed by atoms with van der Waals surface area (Å²) in [6, 6.07) is 0. The predicted octanol–water partition coefficient (Wildman–Crippen LogP) is 1.60. The van der Waals surface area contributed by atoms with Gasteiger partial charge in [-0.2, -0.15) is 9.97 Å². The minimum absolute atomic E-state index is 0.295. The molecule has 0 aliphatic heterocycles. The monoisotopic (exact) mass is 222 g/mol. The zero-order valence-electron chi connectivity index (χ0n) is 10.0. The molecule has 1 aliphatic carbocycles. The number of methoxy groups -OCH3 is 1. The second kappa shape index (κ2) is 3.97. The van der Waals surface area contributed by atoms with E-state index in [0.717, 1.165) is 25.1 Å². The topological polar surface area (TPSA) is 73.9 Å². The second-order valence-corrected chi connectivity index (χ2v) is 4.44. The van der Waals surface area contributed by atoms with Crippen LogP contribution in [0.25, 0.3) is 0 Å². The highest BCUT2D eigenvalue weighted by Crippen LogP contribution is 2.38. The van der Waals surface area contributed by atoms with Crippen LogP contribution in [-0.2, 0) is 10.3 Å². The SMILES string of the molecule is CCC(C)(OC)c1nc(N)nc(C2CC2)n1. The van der Waals surface area contributed by atoms with Gasteiger partial charge in [-0.05, 0) is 26.2 Å². The largest absolute Gasteiger partial charge is 0.371 e. The molecule has 1 atom stereocenters. The highest BCUT2D eigenvalue weighted by Gasteiger charge is 2.32. The first-order valence-electron chi connectivity index (χ1n) is 5.66. The van der Waals surface area contributed by atoms with Crippen molar-refractivity contribution in [1.82, 2.24) is 15.0 Å². The van der Waals surface area contributed by atoms with Crippen LogP contribution in [0.4, 0.5) is 5.95 Å². The van der Waals surface area contributed by atoms with Gasteiger partial charge in [0.15, 0.2) is 5.82 Å². The van der Waals surface area contributed by atoms with Crippen LogP contribution in [0.2, 0.25) is 0 Å². The van der Waals surface area contributed by atoms with E-state index in [1.165, 1.54) is 0 Å². The van der Waals surface area contributed by atoms with Crippen LogP contribution in [0.3, 0.4) is 0 Å². The number of nitrogens with zero attached hydrogens (tertiary/aromatic N) is 3. The summed E-state index contributed by atoms with van der Waals surface area (Å²) < 4.78 is 5.47. The van der Waals surface area contributed by atoms with Crippen molar-refractivity contribution in [3.63, 3.8) is 0 Å². The molecule has 1 aromatic heterocycles. The fraction of sp³-hybridized carbons (Fsp3) is 0.727. The molecule has 2 N–H and O–H groups in total. The first kappa shape index (κ1) is 11.3. The Kier molecular flexibility index (Phi) is 2.80. The number of nitrogens with two attached hydrogens (primary N) is 1. The molecule has 1 aliphatic rings. The summed E-state index contributed by atoms with van der Waals surface area (Å²) in [6.45, 7) is 4.01. The Morgan fingerprint density at radius 3 is 2.56 bits per heavy atom. The average molecular weight is 222 g/mol. The molecule has 0 radical (unpaired) electrons. The summed E-state index contributed by atoms with van der Waals surface area (Å²) in [6.07, 6.45) is 3.11. The van der Waals surface area contributed by atoms with Crippen LogP contribution in [0.1, 0.15) is 50.7 Å². The molecule has 0 bridgehead atoms. The summed E-state index contributed by atoms with van der Waals surface area (Å²) in [7, 11) is 1.67. The van der Waals surface area contributed by atoms with Gasteiger partial charge in [-0.15, -0.1) is 0 Å². The van der Waals surface area contributed by atoms with E-state index in [0.29, 0.717) is 17.7 Å². The zero-order valence-corrected chi connectivity index (χ0v) is 10.0. The third-order valence-corrected chi connectivity index (χ3v) is 3.21. The molecule has 5 heteroatoms. The van der Waals surface area contributed by atoms with Crippen molar-refractivity contribution in [2.45, 2.75) is 44.6 Å². The van der Waals surface area contributed by atoms with Gasteiger partial charge in [0, 0.05) is 13.0 Å². The minimum atomic E-state index is -0.472. The molecule has 1 unspecified atom stereocenters. The molecule has 2 rings (SSSR count). The Morgan fingerprint density at radius 1 is 1.38 bits per heavy atom. The van der Waals surface area contributed by atoms with Crippen molar-refractivity contribution in [3.8, 4) is 0 Å². The smallest absolute Gasteiger partial charge is 0.223 e. The van der Waals surface area contributed by atoms with E-state index < -0.39 is 5.60 Å². The molecule has 5 nitrogen and oxygen atoms in total. The summed E-state index contributed by atoms with van der Waals surface area (Å²) >= 11 is 0. The lowest BCUT2D eigenvalue weighted by Crippen LogP contribution is -2.27. The maximum absolute atomic E-state index is 5.71. The van der Waals surface area contributed by atoms with Gasteiger partial charge in [0.25, 0.3) is 0 Å². The van der Waals surface area contributed by atoms with E-state index in [2.05, 4.69) is 15.0 Å². The Morgan fingerprint density at radius 2 is 2.06 bits per heavy atom. The highest BCUT2D eigenvalue weighted by molar-refractivity contribution is 5.21. The first-order valence-corrected chi connectivity index (χ1v) is 5.66. The molecular weight excluding hydrogens is 204 g/mol. The summed E-state index contributed by atoms with van der Waals surface area (Å²) in [5, 5.41) is 0. The zero-order chi connectivity index (χ0) is 11.8. The van der Waals surface area contributed by atoms with E-state index in [1.54, 1.807) is 7.11 Å². The van der Waals surface area contributed by atoms with E-state index in [4.69, 9.17) is 10.5 Å². The summed E-state index contributed by atoms with van der Waals surface area (Å²) in [5.41, 5.74) is 5.24. The Bertz CT molecular complexity index is 386. The lowest BCUT2D eigenvalue weighted by molar-refractivity contribution is -0.00922. The molecule has 1 heterocycles. The number of aromatic nitrogens is 3. The van der Waals surface area contributed by atoms with Gasteiger partial charge in [-0.3, -0.25) is 0 Å². The van der Waals surface area contributed by atoms with Crippen molar-refractivity contribution in [2.75, 3.05) is 12.8 Å². The lowest BCUT2D eigenvalue weighted by Gasteiger charge is -2.25. The maximum Gasteiger partial charge on any atom is 0.223 e. The molecular formula is C11H18N4O. The fourth-order valence-corrected chi connectivity index (χ4v) is 1.56. The van der Waals surface area contributed by atoms with Crippen LogP contribution in [-0.4, -0.2) is 22.1 Å². The van der Waals surface area contributed by atoms with Crippen LogP contribution in [0, 0.1) is 0 Å². The Balaban J connectivity index is 2.39. The van der Waals surface area contributed by atoms with E-state index >= 15 is 0 Å². The summed E-state index contributed by atoms with van der Waals surface area (Å²) in [4.78, 5) is 12.8. The quantitative estimate of drug-likeness (QED) is 0.837. The van der Waals surface area contributed by atoms with E-state index in [-0.39, 0.29) is 0 Å². The standard InChI is InChI=1S/C11H18N4O/c1-4-11(2,16-3)9-13-8(7-5-6-7)14-10(12)15-9/h7H,4-6H2,1-3H3,(H2,12,13,14,15). The number of nitrogen functional groups attached to an aromatic ring is 1. The number of hydrogen-bond donors (Lipinski definition) is 1. The van der Waals surface area contributed by atoms with Gasteiger partial charge in [0.05, 0.1) is 0 Å². The lowest BCUT2D eigenvalue weighted by atomic mass is 10.0. The van der Waals surface area contributed by atoms with Crippen molar-refractivity contribution >= 4 is 5.95 Å². The molecule has 1 fully saturated rings. The maximum atomic E-state index is 5.71. The number of ether oxygens (including phenoxy) is 1. The molecule has 16 heavy (non-hydrogen) atoms. The number of hydrogen-bond acceptors (Lipinski definition) is 5. The van der Waals surface area contributed by atoms with Gasteiger partial charge >= 0.3 is 0 Å². The molecule has 0 saturated heterocycles. The molecule has 1 aromatic rings. The normalized spacial score (nSPS) is 19.4. The number of anilines is 1. The van der Waals surface area contributed by atoms with Crippen LogP contribution < -0.4 is 5.73 Å². The van der Waals surface area contributed by atoms with Crippen LogP contribution in [0.15, 0.2) is 0 Å². The van der Waals surface area contributed by atoms with E-state index in [1.807, 2.05) is 13.8 Å². The van der Waals surface area contributed by atoms with Crippen molar-refractivity contribution in [3.05, 3.63) is 11.6 Å². The Hall–Kier alpha value is -1.23. The van der Waals surface area contributed by atoms with Crippen LogP contribution >= 0.6 is 0 Å². The summed E-state index contributed by atoms with van der Waals surface area (Å²) in [5.74, 6) is 2.23. The molecule has 1 saturated carbocycles.